The molecule has 1 aromatic carbocycles. The Kier molecular flexibility index (Phi) is 5.62. The van der Waals surface area contributed by atoms with Crippen LogP contribution in [0.25, 0.3) is 5.52 Å². The molecule has 0 radical (unpaired) electrons. The van der Waals surface area contributed by atoms with Crippen molar-refractivity contribution in [1.82, 2.24) is 9.38 Å². The van der Waals surface area contributed by atoms with Crippen molar-refractivity contribution in [1.29, 1.82) is 0 Å². The Balaban J connectivity index is 0.00000161. The summed E-state index contributed by atoms with van der Waals surface area (Å²) < 4.78 is 2.25. The van der Waals surface area contributed by atoms with Gasteiger partial charge >= 0.3 is 0 Å². The molecule has 0 aliphatic carbocycles. The standard InChI is InChI=1S/C16H16N2S2.ClH/c1-19-15-13(10-12-6-4-3-5-7-12)16(20-2)18-9-8-17-11-14(15)18;/h3-9,11H,10H2,1-2H3;1H. The van der Waals surface area contributed by atoms with Crippen molar-refractivity contribution in [3.8, 4) is 0 Å². The molecule has 0 bridgehead atoms. The van der Waals surface area contributed by atoms with Gasteiger partial charge in [-0.3, -0.25) is 4.98 Å². The average molecular weight is 337 g/mol. The Morgan fingerprint density at radius 1 is 1.10 bits per heavy atom. The van der Waals surface area contributed by atoms with Crippen molar-refractivity contribution < 1.29 is 0 Å². The molecule has 0 saturated carbocycles. The summed E-state index contributed by atoms with van der Waals surface area (Å²) in [6.07, 6.45) is 11.1. The largest absolute Gasteiger partial charge is 0.307 e. The second-order valence-electron chi connectivity index (χ2n) is 4.52. The lowest BCUT2D eigenvalue weighted by Crippen LogP contribution is -1.91. The van der Waals surface area contributed by atoms with Gasteiger partial charge in [0.25, 0.3) is 0 Å². The van der Waals surface area contributed by atoms with E-state index >= 15 is 0 Å². The third kappa shape index (κ3) is 3.07. The third-order valence-corrected chi connectivity index (χ3v) is 5.06. The van der Waals surface area contributed by atoms with E-state index in [9.17, 15) is 0 Å². The molecule has 2 aromatic heterocycles. The van der Waals surface area contributed by atoms with Crippen LogP contribution in [0.2, 0.25) is 0 Å². The van der Waals surface area contributed by atoms with Crippen LogP contribution in [-0.4, -0.2) is 21.9 Å². The molecule has 0 N–H and O–H groups in total. The topological polar surface area (TPSA) is 17.3 Å². The molecule has 0 fully saturated rings. The summed E-state index contributed by atoms with van der Waals surface area (Å²) >= 11 is 3.61. The monoisotopic (exact) mass is 336 g/mol. The first-order valence-electron chi connectivity index (χ1n) is 6.44. The molecule has 0 saturated heterocycles. The average Bonchev–Trinajstić information content (AvgIpc) is 2.80. The zero-order valence-electron chi connectivity index (χ0n) is 11.9. The number of benzene rings is 1. The van der Waals surface area contributed by atoms with E-state index in [1.807, 2.05) is 12.4 Å². The van der Waals surface area contributed by atoms with Crippen LogP contribution in [0.5, 0.6) is 0 Å². The van der Waals surface area contributed by atoms with E-state index in [1.165, 1.54) is 26.6 Å². The highest BCUT2D eigenvalue weighted by Crippen LogP contribution is 2.36. The Bertz CT molecular complexity index is 685. The number of hydrogen-bond acceptors (Lipinski definition) is 3. The summed E-state index contributed by atoms with van der Waals surface area (Å²) in [7, 11) is 0. The maximum atomic E-state index is 4.27. The number of hydrogen-bond donors (Lipinski definition) is 0. The van der Waals surface area contributed by atoms with Crippen LogP contribution in [0, 0.1) is 0 Å². The van der Waals surface area contributed by atoms with Crippen LogP contribution >= 0.6 is 35.9 Å². The van der Waals surface area contributed by atoms with E-state index in [-0.39, 0.29) is 12.4 Å². The van der Waals surface area contributed by atoms with Gasteiger partial charge in [0.05, 0.1) is 16.7 Å². The maximum Gasteiger partial charge on any atom is 0.0840 e. The summed E-state index contributed by atoms with van der Waals surface area (Å²) in [6, 6.07) is 10.6. The Morgan fingerprint density at radius 3 is 2.52 bits per heavy atom. The Labute approximate surface area is 139 Å². The van der Waals surface area contributed by atoms with Gasteiger partial charge in [-0.2, -0.15) is 0 Å². The SMILES string of the molecule is CSc1c(Cc2ccccc2)c(SC)n2ccncc12.Cl. The molecule has 5 heteroatoms. The van der Waals surface area contributed by atoms with Crippen LogP contribution in [0.15, 0.2) is 58.8 Å². The van der Waals surface area contributed by atoms with Crippen molar-refractivity contribution in [2.45, 2.75) is 16.3 Å². The zero-order chi connectivity index (χ0) is 13.9. The lowest BCUT2D eigenvalue weighted by atomic mass is 10.1. The number of fused-ring (bicyclic) bond motifs is 1. The highest BCUT2D eigenvalue weighted by Gasteiger charge is 2.17. The van der Waals surface area contributed by atoms with E-state index in [4.69, 9.17) is 0 Å². The first-order chi connectivity index (χ1) is 9.85. The normalized spacial score (nSPS) is 10.6. The second kappa shape index (κ2) is 7.25. The van der Waals surface area contributed by atoms with Gasteiger partial charge in [0.1, 0.15) is 0 Å². The molecule has 21 heavy (non-hydrogen) atoms. The predicted molar refractivity (Wildman–Crippen MR) is 95.3 cm³/mol. The quantitative estimate of drug-likeness (QED) is 0.638. The lowest BCUT2D eigenvalue weighted by Gasteiger charge is -2.05. The molecule has 2 heterocycles. The number of rotatable bonds is 4. The zero-order valence-corrected chi connectivity index (χ0v) is 14.4. The van der Waals surface area contributed by atoms with E-state index in [0.717, 1.165) is 6.42 Å². The molecule has 0 spiro atoms. The van der Waals surface area contributed by atoms with Gasteiger partial charge in [0, 0.05) is 29.3 Å². The van der Waals surface area contributed by atoms with Crippen LogP contribution in [0.3, 0.4) is 0 Å². The van der Waals surface area contributed by atoms with Gasteiger partial charge in [0.2, 0.25) is 0 Å². The second-order valence-corrected chi connectivity index (χ2v) is 6.13. The highest BCUT2D eigenvalue weighted by molar-refractivity contribution is 7.99. The molecule has 2 nitrogen and oxygen atoms in total. The maximum absolute atomic E-state index is 4.27. The minimum absolute atomic E-state index is 0. The van der Waals surface area contributed by atoms with Crippen LogP contribution in [0.4, 0.5) is 0 Å². The summed E-state index contributed by atoms with van der Waals surface area (Å²) in [4.78, 5) is 5.61. The number of halogens is 1. The van der Waals surface area contributed by atoms with E-state index in [2.05, 4.69) is 58.4 Å². The fraction of sp³-hybridized carbons (Fsp3) is 0.188. The van der Waals surface area contributed by atoms with E-state index in [0.29, 0.717) is 0 Å². The van der Waals surface area contributed by atoms with Crippen LogP contribution < -0.4 is 0 Å². The van der Waals surface area contributed by atoms with Crippen molar-refractivity contribution in [3.05, 3.63) is 60.0 Å². The highest BCUT2D eigenvalue weighted by atomic mass is 35.5. The van der Waals surface area contributed by atoms with Crippen molar-refractivity contribution >= 4 is 41.4 Å². The fourth-order valence-corrected chi connectivity index (χ4v) is 4.13. The predicted octanol–water partition coefficient (Wildman–Crippen LogP) is 4.79. The molecular weight excluding hydrogens is 320 g/mol. The summed E-state index contributed by atoms with van der Waals surface area (Å²) in [6.45, 7) is 0. The summed E-state index contributed by atoms with van der Waals surface area (Å²) in [5.41, 5.74) is 3.96. The first-order valence-corrected chi connectivity index (χ1v) is 8.89. The van der Waals surface area contributed by atoms with E-state index < -0.39 is 0 Å². The van der Waals surface area contributed by atoms with Gasteiger partial charge in [-0.15, -0.1) is 35.9 Å². The molecular formula is C16H17ClN2S2. The Hall–Kier alpha value is -1.10. The van der Waals surface area contributed by atoms with Gasteiger partial charge in [0.15, 0.2) is 0 Å². The van der Waals surface area contributed by atoms with Gasteiger partial charge < -0.3 is 4.40 Å². The number of aromatic nitrogens is 2. The van der Waals surface area contributed by atoms with Gasteiger partial charge in [-0.25, -0.2) is 0 Å². The molecule has 0 aliphatic heterocycles. The van der Waals surface area contributed by atoms with Crippen LogP contribution in [-0.2, 0) is 6.42 Å². The van der Waals surface area contributed by atoms with Crippen molar-refractivity contribution in [3.63, 3.8) is 0 Å². The third-order valence-electron chi connectivity index (χ3n) is 3.36. The molecule has 0 unspecified atom stereocenters. The van der Waals surface area contributed by atoms with Crippen molar-refractivity contribution in [2.24, 2.45) is 0 Å². The molecule has 0 amide bonds. The molecule has 0 atom stereocenters. The Morgan fingerprint density at radius 2 is 1.86 bits per heavy atom. The van der Waals surface area contributed by atoms with Crippen LogP contribution in [0.1, 0.15) is 11.1 Å². The number of nitrogens with zero attached hydrogens (tertiary/aromatic N) is 2. The van der Waals surface area contributed by atoms with E-state index in [1.54, 1.807) is 23.5 Å². The molecule has 3 aromatic rings. The smallest absolute Gasteiger partial charge is 0.0840 e. The first kappa shape index (κ1) is 16.3. The van der Waals surface area contributed by atoms with Gasteiger partial charge in [-0.05, 0) is 18.1 Å². The molecule has 0 aliphatic rings. The minimum Gasteiger partial charge on any atom is -0.307 e. The van der Waals surface area contributed by atoms with Crippen molar-refractivity contribution in [2.75, 3.05) is 12.5 Å². The summed E-state index contributed by atoms with van der Waals surface area (Å²) in [5.74, 6) is 0. The molecule has 110 valence electrons. The summed E-state index contributed by atoms with van der Waals surface area (Å²) in [5, 5.41) is 1.32. The minimum atomic E-state index is 0. The molecule has 3 rings (SSSR count). The number of thioether (sulfide) groups is 2. The lowest BCUT2D eigenvalue weighted by molar-refractivity contribution is 0.981. The van der Waals surface area contributed by atoms with Gasteiger partial charge in [-0.1, -0.05) is 30.3 Å². The fourth-order valence-electron chi connectivity index (χ4n) is 2.51.